The number of aromatic nitrogens is 7. The van der Waals surface area contributed by atoms with Gasteiger partial charge in [-0.2, -0.15) is 4.73 Å². The lowest BCUT2D eigenvalue weighted by molar-refractivity contribution is -0.280. The first-order valence-electron chi connectivity index (χ1n) is 32.1. The van der Waals surface area contributed by atoms with E-state index in [1.165, 1.54) is 54.6 Å². The standard InChI is InChI=1S/C65H70N14O18S5/c1-28(80)44-56(85)74-45(29(2)91-8)59-69-38(26-100-59)55(84)75-48-50-51(97-42-19-65(4,89)52(76(5)6)30(3)96-42)64(88)94-20-31-10-9-11-40-43(31)33(21-93-50)49(79(40)90)63(87)95-22-34(66-53(82)36-25-101-61(48)70-36)58-67-35(23-99-58)46-32(57-68-37(24-98-57)54(83)73-44)18-41(81)47(72-46)60-71-39(27-102-60)62(86)92-17-16-78-14-12-77(7)13-15-78/h9-11,18,23-28,30,34,42,44,48,50-52,80-81,89-90H,12-17,19-22H2,1-8H3,(H,66,82)(H,73,83)(H,74,85)(H,75,84)/b45-29+/t28-,30+,34+,42+,44+,48+,50+,51+,52-,65+/m1/s1. The van der Waals surface area contributed by atoms with E-state index in [9.17, 15) is 34.9 Å². The molecule has 32 nitrogen and oxygen atoms in total. The van der Waals surface area contributed by atoms with Crippen LogP contribution in [0, 0.1) is 0 Å². The van der Waals surface area contributed by atoms with Gasteiger partial charge in [-0.05, 0) is 66.5 Å². The third-order valence-electron chi connectivity index (χ3n) is 18.0. The molecule has 8 aromatic rings. The van der Waals surface area contributed by atoms with Crippen molar-refractivity contribution in [3.05, 3.63) is 112 Å². The molecule has 1 aromatic carbocycles. The second-order valence-electron chi connectivity index (χ2n) is 25.3. The minimum absolute atomic E-state index is 0.00330. The number of piperazine rings is 1. The summed E-state index contributed by atoms with van der Waals surface area (Å²) >= 11 is 4.70. The number of hydrogen-bond acceptors (Lipinski definition) is 32. The monoisotopic (exact) mass is 1490 g/mol. The van der Waals surface area contributed by atoms with Gasteiger partial charge in [-0.3, -0.25) is 24.1 Å². The Bertz CT molecular complexity index is 4610. The van der Waals surface area contributed by atoms with Gasteiger partial charge >= 0.3 is 17.9 Å². The highest BCUT2D eigenvalue weighted by Gasteiger charge is 2.50. The predicted molar refractivity (Wildman–Crippen MR) is 368 cm³/mol. The average molecular weight is 1500 g/mol. The molecule has 0 unspecified atom stereocenters. The number of aliphatic hydroxyl groups excluding tert-OH is 1. The number of allylic oxidation sites excluding steroid dienone is 1. The highest BCUT2D eigenvalue weighted by Crippen LogP contribution is 2.43. The van der Waals surface area contributed by atoms with Gasteiger partial charge in [0, 0.05) is 82.6 Å². The van der Waals surface area contributed by atoms with E-state index in [0.717, 1.165) is 82.9 Å². The topological polar surface area (TPSA) is 405 Å². The summed E-state index contributed by atoms with van der Waals surface area (Å²) in [7, 11) is 6.91. The number of fused-ring (bicyclic) bond motifs is 15. The van der Waals surface area contributed by atoms with Gasteiger partial charge in [0.25, 0.3) is 17.7 Å². The lowest BCUT2D eigenvalue weighted by Crippen LogP contribution is -2.62. The number of cyclic esters (lactones) is 2. The van der Waals surface area contributed by atoms with E-state index in [1.54, 1.807) is 50.4 Å². The average Bonchev–Trinajstić information content (AvgIpc) is 1.46. The molecule has 538 valence electrons. The summed E-state index contributed by atoms with van der Waals surface area (Å²) in [6.45, 7) is 8.37. The smallest absolute Gasteiger partial charge is 0.358 e. The summed E-state index contributed by atoms with van der Waals surface area (Å²) < 4.78 is 44.0. The minimum atomic E-state index is -1.91. The molecule has 102 heavy (non-hydrogen) atoms. The molecule has 7 aromatic heterocycles. The molecule has 0 radical (unpaired) electrons. The molecule has 4 amide bonds. The molecule has 37 heteroatoms. The van der Waals surface area contributed by atoms with Gasteiger partial charge in [-0.25, -0.2) is 44.3 Å². The Balaban J connectivity index is 0.954. The number of methoxy groups -OCH3 is 1. The first-order chi connectivity index (χ1) is 48.8. The van der Waals surface area contributed by atoms with Crippen molar-refractivity contribution < 1.29 is 87.2 Å². The van der Waals surface area contributed by atoms with Gasteiger partial charge in [-0.1, -0.05) is 12.1 Å². The van der Waals surface area contributed by atoms with Crippen molar-refractivity contribution in [1.29, 1.82) is 0 Å². The van der Waals surface area contributed by atoms with Crippen LogP contribution in [-0.4, -0.2) is 234 Å². The van der Waals surface area contributed by atoms with E-state index in [1.807, 2.05) is 7.05 Å². The Labute approximate surface area is 601 Å². The van der Waals surface area contributed by atoms with Crippen LogP contribution in [0.4, 0.5) is 0 Å². The number of aliphatic hydroxyl groups is 2. The number of esters is 3. The Kier molecular flexibility index (Phi) is 20.7. The van der Waals surface area contributed by atoms with Crippen LogP contribution < -0.4 is 21.3 Å². The predicted octanol–water partition coefficient (Wildman–Crippen LogP) is 4.57. The van der Waals surface area contributed by atoms with E-state index in [4.69, 9.17) is 48.1 Å². The largest absolute Gasteiger partial charge is 0.506 e. The van der Waals surface area contributed by atoms with E-state index < -0.39 is 133 Å². The van der Waals surface area contributed by atoms with Crippen LogP contribution in [0.5, 0.6) is 5.75 Å². The van der Waals surface area contributed by atoms with Crippen molar-refractivity contribution >= 4 is 115 Å². The molecule has 0 saturated carbocycles. The van der Waals surface area contributed by atoms with Gasteiger partial charge in [0.05, 0.1) is 43.1 Å². The number of ether oxygens (including phenoxy) is 7. The molecule has 12 bridgehead atoms. The molecule has 2 saturated heterocycles. The van der Waals surface area contributed by atoms with Crippen LogP contribution in [0.25, 0.3) is 49.3 Å². The number of pyridine rings is 1. The summed E-state index contributed by atoms with van der Waals surface area (Å²) in [5.74, 6) is -6.89. The number of nitrogens with zero attached hydrogens (tertiary/aromatic N) is 10. The number of carbonyl (C=O) groups excluding carboxylic acids is 7. The molecule has 0 spiro atoms. The molecule has 5 aliphatic heterocycles. The van der Waals surface area contributed by atoms with E-state index in [-0.39, 0.29) is 111 Å². The van der Waals surface area contributed by atoms with Crippen molar-refractivity contribution in [3.63, 3.8) is 0 Å². The van der Waals surface area contributed by atoms with Crippen LogP contribution in [-0.2, 0) is 56.0 Å². The third-order valence-corrected chi connectivity index (χ3v) is 22.4. The van der Waals surface area contributed by atoms with Crippen molar-refractivity contribution in [3.8, 4) is 38.4 Å². The van der Waals surface area contributed by atoms with Gasteiger partial charge in [0.2, 0.25) is 5.91 Å². The third kappa shape index (κ3) is 14.5. The van der Waals surface area contributed by atoms with E-state index >= 15 is 19.2 Å². The normalized spacial score (nSPS) is 24.9. The minimum Gasteiger partial charge on any atom is -0.506 e. The maximum absolute atomic E-state index is 15.2. The number of benzene rings is 1. The summed E-state index contributed by atoms with van der Waals surface area (Å²) in [5.41, 5.74) is -2.27. The van der Waals surface area contributed by atoms with Crippen LogP contribution >= 0.6 is 56.7 Å². The number of likely N-dealkylation sites (N-methyl/N-ethyl adjacent to an activating group) is 2. The van der Waals surface area contributed by atoms with Crippen LogP contribution in [0.15, 0.2) is 56.9 Å². The summed E-state index contributed by atoms with van der Waals surface area (Å²) in [5, 5.41) is 66.0. The molecule has 12 heterocycles. The molecule has 10 atom stereocenters. The maximum atomic E-state index is 15.2. The van der Waals surface area contributed by atoms with Crippen molar-refractivity contribution in [2.45, 2.75) is 108 Å². The molecule has 5 aliphatic rings. The van der Waals surface area contributed by atoms with Crippen LogP contribution in [0.2, 0.25) is 0 Å². The lowest BCUT2D eigenvalue weighted by atomic mass is 9.85. The molecule has 2 fully saturated rings. The zero-order valence-electron chi connectivity index (χ0n) is 56.0. The van der Waals surface area contributed by atoms with Gasteiger partial charge < -0.3 is 84.8 Å². The number of thiazole rings is 5. The fourth-order valence-electron chi connectivity index (χ4n) is 12.9. The Morgan fingerprint density at radius 2 is 1.50 bits per heavy atom. The van der Waals surface area contributed by atoms with Crippen LogP contribution in [0.3, 0.4) is 0 Å². The first kappa shape index (κ1) is 71.6. The summed E-state index contributed by atoms with van der Waals surface area (Å²) in [6.07, 6.45) is -7.48. The molecule has 8 N–H and O–H groups in total. The van der Waals surface area contributed by atoms with Gasteiger partial charge in [0.1, 0.15) is 120 Å². The van der Waals surface area contributed by atoms with E-state index in [0.29, 0.717) is 16.8 Å². The second kappa shape index (κ2) is 29.5. The Morgan fingerprint density at radius 1 is 0.824 bits per heavy atom. The summed E-state index contributed by atoms with van der Waals surface area (Å²) in [4.78, 5) is 137. The zero-order chi connectivity index (χ0) is 72.2. The molecule has 0 aliphatic carbocycles. The van der Waals surface area contributed by atoms with Gasteiger partial charge in [-0.15, -0.1) is 56.7 Å². The number of rotatable bonds is 10. The van der Waals surface area contributed by atoms with Crippen molar-refractivity contribution in [2.75, 3.05) is 74.2 Å². The fourth-order valence-corrected chi connectivity index (χ4v) is 17.0. The summed E-state index contributed by atoms with van der Waals surface area (Å²) in [6, 6.07) is 0.826. The van der Waals surface area contributed by atoms with Crippen molar-refractivity contribution in [2.24, 2.45) is 0 Å². The van der Waals surface area contributed by atoms with Crippen molar-refractivity contribution in [1.82, 2.24) is 70.6 Å². The zero-order valence-corrected chi connectivity index (χ0v) is 60.1. The number of hydrogen-bond donors (Lipinski definition) is 8. The highest BCUT2D eigenvalue weighted by molar-refractivity contribution is 7.14. The lowest BCUT2D eigenvalue weighted by Gasteiger charge is -2.48. The number of nitrogens with one attached hydrogen (secondary N) is 4. The molecular formula is C65H70N14O18S5. The molecular weight excluding hydrogens is 1430 g/mol. The number of amides is 4. The van der Waals surface area contributed by atoms with Gasteiger partial charge in [0.15, 0.2) is 23.8 Å². The quantitative estimate of drug-likeness (QED) is 0.0402. The number of aromatic hydroxyl groups is 1. The SMILES string of the molecule is CO/C(C)=C1/NC(=O)[C@H]([C@@H](C)O)NC(=O)c2csc(n2)-c2cc(O)c(-c3nc(C(=O)OCCN4CCN(C)CC4)cs3)nc2-c2csc(n2)[C@@H]2COC(=O)c3c4c5c(cccc5n3O)COC(=O)[C@@H](O[C@H]3C[C@](C)(O)[C@H](N(C)C)[C@H](C)O3)[C@@H](OC4)[C@H](NC(=O)c3csc1n3)c1nc(cs1)C(=O)N2. The van der Waals surface area contributed by atoms with Crippen LogP contribution in [0.1, 0.15) is 125 Å². The first-order valence-corrected chi connectivity index (χ1v) is 36.5. The Hall–Kier alpha value is -8.83. The highest BCUT2D eigenvalue weighted by atomic mass is 32.1. The fraction of sp³-hybridized carbons (Fsp3) is 0.431. The second-order valence-corrected chi connectivity index (χ2v) is 29.7. The Morgan fingerprint density at radius 3 is 2.24 bits per heavy atom. The molecule has 13 rings (SSSR count). The maximum Gasteiger partial charge on any atom is 0.358 e. The van der Waals surface area contributed by atoms with E-state index in [2.05, 4.69) is 46.0 Å². The number of carbonyl (C=O) groups is 7.